The molecule has 0 heterocycles. The molecule has 1 N–H and O–H groups in total. The first-order chi connectivity index (χ1) is 17.7. The number of nitrogens with one attached hydrogen (secondary N) is 1. The Balaban J connectivity index is 2.25. The molecule has 192 valence electrons. The predicted molar refractivity (Wildman–Crippen MR) is 144 cm³/mol. The zero-order valence-electron chi connectivity index (χ0n) is 22.0. The van der Waals surface area contributed by atoms with E-state index in [1.165, 1.54) is 26.2 Å². The third kappa shape index (κ3) is 6.83. The van der Waals surface area contributed by atoms with Gasteiger partial charge in [0.05, 0.1) is 27.0 Å². The number of nitrogens with zero attached hydrogens (tertiary/aromatic N) is 1. The van der Waals surface area contributed by atoms with Crippen LogP contribution in [0.4, 0.5) is 5.69 Å². The maximum Gasteiger partial charge on any atom is 0.304 e. The monoisotopic (exact) mass is 500 g/mol. The third-order valence-corrected chi connectivity index (χ3v) is 5.35. The van der Waals surface area contributed by atoms with Crippen LogP contribution in [0.15, 0.2) is 72.8 Å². The first-order valence-electron chi connectivity index (χ1n) is 11.8. The fourth-order valence-electron chi connectivity index (χ4n) is 3.79. The van der Waals surface area contributed by atoms with Crippen LogP contribution in [-0.4, -0.2) is 38.7 Å². The van der Waals surface area contributed by atoms with Crippen LogP contribution in [0.5, 0.6) is 17.2 Å². The van der Waals surface area contributed by atoms with Gasteiger partial charge < -0.3 is 19.5 Å². The smallest absolute Gasteiger partial charge is 0.304 e. The van der Waals surface area contributed by atoms with Crippen LogP contribution in [0, 0.1) is 11.8 Å². The Bertz CT molecular complexity index is 1260. The Morgan fingerprint density at radius 2 is 1.38 bits per heavy atom. The van der Waals surface area contributed by atoms with Gasteiger partial charge >= 0.3 is 5.91 Å². The van der Waals surface area contributed by atoms with Crippen LogP contribution in [0.3, 0.4) is 0 Å². The Kier molecular flexibility index (Phi) is 8.81. The van der Waals surface area contributed by atoms with E-state index in [2.05, 4.69) is 17.2 Å². The zero-order valence-corrected chi connectivity index (χ0v) is 22.0. The minimum Gasteiger partial charge on any atom is -0.493 e. The second kappa shape index (κ2) is 12.0. The van der Waals surface area contributed by atoms with E-state index < -0.39 is 17.5 Å². The SMILES string of the molecule is COc1cc(N(C(=O)C#Cc2ccccc2)C(C(=O)NC(C)(C)C)c2ccccc2)cc(OC)c1OC. The fraction of sp³-hybridized carbons (Fsp3) is 0.267. The number of hydrogen-bond donors (Lipinski definition) is 1. The zero-order chi connectivity index (χ0) is 27.0. The van der Waals surface area contributed by atoms with Gasteiger partial charge in [-0.25, -0.2) is 0 Å². The lowest BCUT2D eigenvalue weighted by atomic mass is 10.0. The molecular formula is C30H32N2O5. The van der Waals surface area contributed by atoms with Gasteiger partial charge in [0.1, 0.15) is 6.04 Å². The van der Waals surface area contributed by atoms with E-state index in [9.17, 15) is 9.59 Å². The molecule has 7 heteroatoms. The molecule has 3 aromatic carbocycles. The van der Waals surface area contributed by atoms with Gasteiger partial charge in [-0.15, -0.1) is 0 Å². The van der Waals surface area contributed by atoms with Crippen molar-refractivity contribution in [2.45, 2.75) is 32.4 Å². The average molecular weight is 501 g/mol. The molecule has 0 radical (unpaired) electrons. The topological polar surface area (TPSA) is 77.1 Å². The summed E-state index contributed by atoms with van der Waals surface area (Å²) in [5, 5.41) is 3.01. The van der Waals surface area contributed by atoms with E-state index in [1.807, 2.05) is 69.3 Å². The molecule has 0 aliphatic rings. The minimum atomic E-state index is -1.03. The summed E-state index contributed by atoms with van der Waals surface area (Å²) in [5.74, 6) is 5.74. The van der Waals surface area contributed by atoms with Crippen molar-refractivity contribution in [3.63, 3.8) is 0 Å². The van der Waals surface area contributed by atoms with Gasteiger partial charge in [0.2, 0.25) is 11.7 Å². The highest BCUT2D eigenvalue weighted by Gasteiger charge is 2.35. The van der Waals surface area contributed by atoms with Gasteiger partial charge in [0.15, 0.2) is 11.5 Å². The normalized spacial score (nSPS) is 11.4. The Morgan fingerprint density at radius 3 is 1.86 bits per heavy atom. The van der Waals surface area contributed by atoms with E-state index in [-0.39, 0.29) is 5.91 Å². The van der Waals surface area contributed by atoms with Crippen LogP contribution < -0.4 is 24.4 Å². The molecule has 0 aromatic heterocycles. The van der Waals surface area contributed by atoms with E-state index in [0.717, 1.165) is 0 Å². The number of ether oxygens (including phenoxy) is 3. The summed E-state index contributed by atoms with van der Waals surface area (Å²) in [4.78, 5) is 28.9. The lowest BCUT2D eigenvalue weighted by Crippen LogP contribution is -2.49. The molecule has 3 aromatic rings. The molecule has 1 atom stereocenters. The predicted octanol–water partition coefficient (Wildman–Crippen LogP) is 4.75. The van der Waals surface area contributed by atoms with Gasteiger partial charge in [-0.1, -0.05) is 54.5 Å². The lowest BCUT2D eigenvalue weighted by Gasteiger charge is -2.33. The maximum atomic E-state index is 13.8. The van der Waals surface area contributed by atoms with Crippen molar-refractivity contribution in [2.75, 3.05) is 26.2 Å². The molecule has 2 amide bonds. The number of hydrogen-bond acceptors (Lipinski definition) is 5. The van der Waals surface area contributed by atoms with Gasteiger partial charge in [-0.05, 0) is 38.5 Å². The summed E-state index contributed by atoms with van der Waals surface area (Å²) in [6.07, 6.45) is 0. The van der Waals surface area contributed by atoms with Crippen molar-refractivity contribution in [1.82, 2.24) is 5.32 Å². The highest BCUT2D eigenvalue weighted by atomic mass is 16.5. The van der Waals surface area contributed by atoms with E-state index >= 15 is 0 Å². The number of methoxy groups -OCH3 is 3. The highest BCUT2D eigenvalue weighted by molar-refractivity contribution is 6.10. The Labute approximate surface area is 218 Å². The molecule has 0 bridgehead atoms. The Hall–Kier alpha value is -4.44. The van der Waals surface area contributed by atoms with E-state index in [1.54, 1.807) is 24.3 Å². The summed E-state index contributed by atoms with van der Waals surface area (Å²) in [7, 11) is 4.48. The summed E-state index contributed by atoms with van der Waals surface area (Å²) >= 11 is 0. The summed E-state index contributed by atoms with van der Waals surface area (Å²) in [5.41, 5.74) is 1.12. The molecule has 0 aliphatic carbocycles. The van der Waals surface area contributed by atoms with Crippen molar-refractivity contribution in [3.8, 4) is 29.1 Å². The number of benzene rings is 3. The average Bonchev–Trinajstić information content (AvgIpc) is 2.89. The van der Waals surface area contributed by atoms with Gasteiger partial charge in [-0.3, -0.25) is 14.5 Å². The van der Waals surface area contributed by atoms with Crippen molar-refractivity contribution < 1.29 is 23.8 Å². The lowest BCUT2D eigenvalue weighted by molar-refractivity contribution is -0.126. The fourth-order valence-corrected chi connectivity index (χ4v) is 3.79. The molecule has 37 heavy (non-hydrogen) atoms. The molecule has 1 unspecified atom stereocenters. The van der Waals surface area contributed by atoms with Crippen LogP contribution in [0.25, 0.3) is 0 Å². The third-order valence-electron chi connectivity index (χ3n) is 5.35. The number of carbonyl (C=O) groups excluding carboxylic acids is 2. The first kappa shape index (κ1) is 27.2. The molecule has 7 nitrogen and oxygen atoms in total. The second-order valence-electron chi connectivity index (χ2n) is 9.23. The number of anilines is 1. The molecule has 0 saturated heterocycles. The van der Waals surface area contributed by atoms with Crippen molar-refractivity contribution in [3.05, 3.63) is 83.9 Å². The highest BCUT2D eigenvalue weighted by Crippen LogP contribution is 2.43. The second-order valence-corrected chi connectivity index (χ2v) is 9.23. The summed E-state index contributed by atoms with van der Waals surface area (Å²) in [6.45, 7) is 5.65. The van der Waals surface area contributed by atoms with Crippen molar-refractivity contribution >= 4 is 17.5 Å². The number of amides is 2. The summed E-state index contributed by atoms with van der Waals surface area (Å²) < 4.78 is 16.5. The van der Waals surface area contributed by atoms with Crippen LogP contribution >= 0.6 is 0 Å². The largest absolute Gasteiger partial charge is 0.493 e. The van der Waals surface area contributed by atoms with Gasteiger partial charge in [-0.2, -0.15) is 0 Å². The van der Waals surface area contributed by atoms with Crippen molar-refractivity contribution in [1.29, 1.82) is 0 Å². The first-order valence-corrected chi connectivity index (χ1v) is 11.8. The van der Waals surface area contributed by atoms with Crippen LogP contribution in [0.1, 0.15) is 37.9 Å². The van der Waals surface area contributed by atoms with Gasteiger partial charge in [0.25, 0.3) is 0 Å². The maximum absolute atomic E-state index is 13.8. The number of carbonyl (C=O) groups is 2. The Morgan fingerprint density at radius 1 is 0.838 bits per heavy atom. The summed E-state index contributed by atoms with van der Waals surface area (Å²) in [6, 6.07) is 20.5. The van der Waals surface area contributed by atoms with Crippen molar-refractivity contribution in [2.24, 2.45) is 0 Å². The minimum absolute atomic E-state index is 0.341. The molecular weight excluding hydrogens is 468 g/mol. The van der Waals surface area contributed by atoms with Gasteiger partial charge in [0, 0.05) is 29.2 Å². The molecule has 0 aliphatic heterocycles. The van der Waals surface area contributed by atoms with E-state index in [4.69, 9.17) is 14.2 Å². The molecule has 0 spiro atoms. The standard InChI is InChI=1S/C30H32N2O5/c1-30(2,3)31-29(34)27(22-15-11-8-12-16-22)32(26(33)18-17-21-13-9-7-10-14-21)23-19-24(35-4)28(37-6)25(20-23)36-5/h7-16,19-20,27H,1-6H3,(H,31,34). The molecule has 0 saturated carbocycles. The van der Waals surface area contributed by atoms with Crippen LogP contribution in [0.2, 0.25) is 0 Å². The number of rotatable bonds is 7. The molecule has 3 rings (SSSR count). The quantitative estimate of drug-likeness (QED) is 0.474. The van der Waals surface area contributed by atoms with Crippen LogP contribution in [-0.2, 0) is 9.59 Å². The van der Waals surface area contributed by atoms with E-state index in [0.29, 0.717) is 34.1 Å². The molecule has 0 fully saturated rings.